The van der Waals surface area contributed by atoms with Crippen molar-refractivity contribution in [2.75, 3.05) is 23.3 Å². The Morgan fingerprint density at radius 1 is 1.10 bits per heavy atom. The topological polar surface area (TPSA) is 45.2 Å². The van der Waals surface area contributed by atoms with Crippen LogP contribution in [0.1, 0.15) is 61.7 Å². The summed E-state index contributed by atoms with van der Waals surface area (Å²) >= 11 is 1.60. The Labute approximate surface area is 181 Å². The van der Waals surface area contributed by atoms with Crippen LogP contribution in [0.2, 0.25) is 0 Å². The zero-order valence-corrected chi connectivity index (χ0v) is 18.0. The minimum atomic E-state index is -0.332. The first-order valence-corrected chi connectivity index (χ1v) is 12.0. The van der Waals surface area contributed by atoms with Gasteiger partial charge in [-0.2, -0.15) is 0 Å². The molecule has 6 heteroatoms. The molecule has 5 rings (SSSR count). The number of piperidine rings is 1. The fourth-order valence-electron chi connectivity index (χ4n) is 4.77. The van der Waals surface area contributed by atoms with E-state index in [1.807, 2.05) is 12.1 Å². The van der Waals surface area contributed by atoms with Crippen molar-refractivity contribution >= 4 is 29.2 Å². The average Bonchev–Trinajstić information content (AvgIpc) is 3.31. The maximum absolute atomic E-state index is 15.1. The van der Waals surface area contributed by atoms with Gasteiger partial charge in [0, 0.05) is 29.4 Å². The van der Waals surface area contributed by atoms with Gasteiger partial charge >= 0.3 is 0 Å². The van der Waals surface area contributed by atoms with Crippen LogP contribution in [-0.4, -0.2) is 29.2 Å². The summed E-state index contributed by atoms with van der Waals surface area (Å²) in [6, 6.07) is 8.83. The molecule has 0 radical (unpaired) electrons. The minimum Gasteiger partial charge on any atom is -0.356 e. The second kappa shape index (κ2) is 8.22. The highest BCUT2D eigenvalue weighted by Gasteiger charge is 2.44. The molecule has 158 valence electrons. The molecule has 2 aliphatic carbocycles. The van der Waals surface area contributed by atoms with Crippen LogP contribution in [0.15, 0.2) is 41.4 Å². The smallest absolute Gasteiger partial charge is 0.259 e. The van der Waals surface area contributed by atoms with Crippen molar-refractivity contribution < 1.29 is 9.18 Å². The number of aromatic nitrogens is 1. The summed E-state index contributed by atoms with van der Waals surface area (Å²) in [7, 11) is 0. The third kappa shape index (κ3) is 4.07. The number of halogens is 1. The highest BCUT2D eigenvalue weighted by atomic mass is 32.2. The van der Waals surface area contributed by atoms with Crippen molar-refractivity contribution in [3.05, 3.63) is 47.9 Å². The zero-order valence-electron chi connectivity index (χ0n) is 17.2. The summed E-state index contributed by atoms with van der Waals surface area (Å²) in [6.07, 6.45) is 11.4. The monoisotopic (exact) mass is 425 g/mol. The first-order valence-electron chi connectivity index (χ1n) is 11.1. The van der Waals surface area contributed by atoms with E-state index in [9.17, 15) is 4.79 Å². The number of rotatable bonds is 5. The molecule has 2 saturated carbocycles. The van der Waals surface area contributed by atoms with Crippen LogP contribution in [0, 0.1) is 11.2 Å². The quantitative estimate of drug-likeness (QED) is 0.649. The molecule has 1 saturated heterocycles. The van der Waals surface area contributed by atoms with E-state index < -0.39 is 0 Å². The molecular weight excluding hydrogens is 397 g/mol. The fourth-order valence-corrected chi connectivity index (χ4v) is 6.07. The number of carbonyl (C=O) groups excluding carboxylic acids is 1. The normalized spacial score (nSPS) is 20.5. The summed E-state index contributed by atoms with van der Waals surface area (Å²) in [6.45, 7) is 1.86. The second-order valence-electron chi connectivity index (χ2n) is 8.96. The summed E-state index contributed by atoms with van der Waals surface area (Å²) in [5.74, 6) is 0.0796. The van der Waals surface area contributed by atoms with Gasteiger partial charge in [-0.05, 0) is 68.2 Å². The lowest BCUT2D eigenvalue weighted by molar-refractivity contribution is 0.102. The molecule has 30 heavy (non-hydrogen) atoms. The van der Waals surface area contributed by atoms with Crippen LogP contribution >= 0.6 is 11.8 Å². The molecule has 0 unspecified atom stereocenters. The van der Waals surface area contributed by atoms with Gasteiger partial charge < -0.3 is 10.2 Å². The van der Waals surface area contributed by atoms with E-state index in [-0.39, 0.29) is 17.4 Å². The predicted octanol–water partition coefficient (Wildman–Crippen LogP) is 5.89. The molecule has 1 aromatic heterocycles. The average molecular weight is 426 g/mol. The third-order valence-electron chi connectivity index (χ3n) is 6.92. The number of benzene rings is 1. The number of carbonyl (C=O) groups is 1. The van der Waals surface area contributed by atoms with Gasteiger partial charge in [0.25, 0.3) is 5.91 Å². The van der Waals surface area contributed by atoms with E-state index >= 15 is 4.39 Å². The first kappa shape index (κ1) is 19.9. The number of thioether (sulfide) groups is 1. The number of nitrogens with zero attached hydrogens (tertiary/aromatic N) is 2. The molecule has 1 amide bonds. The molecule has 1 spiro atoms. The van der Waals surface area contributed by atoms with Crippen molar-refractivity contribution in [1.29, 1.82) is 0 Å². The van der Waals surface area contributed by atoms with E-state index in [0.29, 0.717) is 26.9 Å². The Balaban J connectivity index is 1.32. The Kier molecular flexibility index (Phi) is 5.44. The van der Waals surface area contributed by atoms with E-state index in [0.717, 1.165) is 25.9 Å². The molecule has 3 aliphatic rings. The Morgan fingerprint density at radius 3 is 2.60 bits per heavy atom. The molecule has 2 aromatic rings. The molecule has 1 aliphatic heterocycles. The first-order chi connectivity index (χ1) is 14.6. The number of anilines is 2. The van der Waals surface area contributed by atoms with Gasteiger partial charge in [0.2, 0.25) is 0 Å². The molecule has 0 atom stereocenters. The molecule has 3 fully saturated rings. The lowest BCUT2D eigenvalue weighted by atomic mass is 9.93. The van der Waals surface area contributed by atoms with Crippen molar-refractivity contribution in [2.45, 2.75) is 61.5 Å². The third-order valence-corrected chi connectivity index (χ3v) is 8.29. The molecular formula is C24H28FN3OS. The van der Waals surface area contributed by atoms with Crippen LogP contribution in [0.5, 0.6) is 0 Å². The van der Waals surface area contributed by atoms with E-state index in [1.165, 1.54) is 38.5 Å². The Morgan fingerprint density at radius 2 is 1.87 bits per heavy atom. The summed E-state index contributed by atoms with van der Waals surface area (Å²) in [5, 5.41) is 3.28. The Bertz CT molecular complexity index is 930. The van der Waals surface area contributed by atoms with Gasteiger partial charge in [-0.25, -0.2) is 9.37 Å². The van der Waals surface area contributed by atoms with Crippen molar-refractivity contribution in [1.82, 2.24) is 4.98 Å². The summed E-state index contributed by atoms with van der Waals surface area (Å²) in [4.78, 5) is 20.4. The van der Waals surface area contributed by atoms with Crippen molar-refractivity contribution in [3.63, 3.8) is 0 Å². The molecule has 0 bridgehead atoms. The predicted molar refractivity (Wildman–Crippen MR) is 120 cm³/mol. The van der Waals surface area contributed by atoms with Crippen LogP contribution in [0.25, 0.3) is 0 Å². The van der Waals surface area contributed by atoms with E-state index in [1.54, 1.807) is 36.2 Å². The van der Waals surface area contributed by atoms with Gasteiger partial charge in [-0.3, -0.25) is 4.79 Å². The van der Waals surface area contributed by atoms with Gasteiger partial charge in [0.05, 0.1) is 11.3 Å². The van der Waals surface area contributed by atoms with Crippen LogP contribution in [0.4, 0.5) is 15.9 Å². The fraction of sp³-hybridized carbons (Fsp3) is 0.500. The largest absolute Gasteiger partial charge is 0.356 e. The molecule has 4 nitrogen and oxygen atoms in total. The second-order valence-corrected chi connectivity index (χ2v) is 10.3. The lowest BCUT2D eigenvalue weighted by Crippen LogP contribution is -2.36. The number of amides is 1. The minimum absolute atomic E-state index is 0.244. The van der Waals surface area contributed by atoms with Gasteiger partial charge in [-0.1, -0.05) is 18.9 Å². The molecule has 1 N–H and O–H groups in total. The highest BCUT2D eigenvalue weighted by molar-refractivity contribution is 8.00. The number of nitrogens with one attached hydrogen (secondary N) is 1. The Hall–Kier alpha value is -2.08. The van der Waals surface area contributed by atoms with Gasteiger partial charge in [0.15, 0.2) is 5.82 Å². The van der Waals surface area contributed by atoms with Crippen molar-refractivity contribution in [2.24, 2.45) is 5.41 Å². The number of hydrogen-bond acceptors (Lipinski definition) is 4. The summed E-state index contributed by atoms with van der Waals surface area (Å²) < 4.78 is 15.1. The van der Waals surface area contributed by atoms with E-state index in [2.05, 4.69) is 15.2 Å². The van der Waals surface area contributed by atoms with Crippen LogP contribution in [0.3, 0.4) is 0 Å². The maximum atomic E-state index is 15.1. The van der Waals surface area contributed by atoms with Gasteiger partial charge in [-0.15, -0.1) is 11.8 Å². The van der Waals surface area contributed by atoms with Crippen LogP contribution < -0.4 is 10.2 Å². The maximum Gasteiger partial charge on any atom is 0.259 e. The van der Waals surface area contributed by atoms with E-state index in [4.69, 9.17) is 0 Å². The molecule has 2 heterocycles. The van der Waals surface area contributed by atoms with Crippen molar-refractivity contribution in [3.8, 4) is 0 Å². The molecule has 1 aromatic carbocycles. The number of hydrogen-bond donors (Lipinski definition) is 1. The lowest BCUT2D eigenvalue weighted by Gasteiger charge is -2.33. The van der Waals surface area contributed by atoms with Gasteiger partial charge in [0.1, 0.15) is 5.82 Å². The van der Waals surface area contributed by atoms with Crippen LogP contribution in [-0.2, 0) is 0 Å². The standard InChI is InChI=1S/C24H28FN3OS/c25-21-19(8-3-9-20(21)30-17-5-1-2-6-17)27-23(29)18-7-4-14-26-22(18)28-15-12-24(10-11-24)13-16-28/h3-4,7-9,14,17H,1-2,5-6,10-13,15-16H2,(H,27,29). The highest BCUT2D eigenvalue weighted by Crippen LogP contribution is 2.54. The SMILES string of the molecule is O=C(Nc1cccc(SC2CCCC2)c1F)c1cccnc1N1CCC2(CC1)CC2. The summed E-state index contributed by atoms with van der Waals surface area (Å²) in [5.41, 5.74) is 1.32. The number of pyridine rings is 1. The zero-order chi connectivity index (χ0) is 20.6.